The zero-order valence-electron chi connectivity index (χ0n) is 7.41. The summed E-state index contributed by atoms with van der Waals surface area (Å²) in [7, 11) is 0. The van der Waals surface area contributed by atoms with Gasteiger partial charge in [-0.1, -0.05) is 0 Å². The molecule has 0 atom stereocenters. The van der Waals surface area contributed by atoms with E-state index >= 15 is 0 Å². The van der Waals surface area contributed by atoms with E-state index in [2.05, 4.69) is 22.8 Å². The first-order valence-electron chi connectivity index (χ1n) is 3.95. The van der Waals surface area contributed by atoms with Gasteiger partial charge < -0.3 is 0 Å². The second kappa shape index (κ2) is 5.33. The van der Waals surface area contributed by atoms with E-state index in [-0.39, 0.29) is 0 Å². The molecule has 5 heteroatoms. The van der Waals surface area contributed by atoms with E-state index in [0.717, 1.165) is 0 Å². The van der Waals surface area contributed by atoms with Gasteiger partial charge in [-0.15, -0.1) is 0 Å². The first kappa shape index (κ1) is 11.5. The number of pyridine rings is 1. The Morgan fingerprint density at radius 2 is 2.36 bits per heavy atom. The molecule has 1 rings (SSSR count). The molecule has 1 aromatic rings. The van der Waals surface area contributed by atoms with Crippen molar-refractivity contribution >= 4 is 21.7 Å². The second-order valence-electron chi connectivity index (χ2n) is 2.36. The molecule has 1 heterocycles. The summed E-state index contributed by atoms with van der Waals surface area (Å²) in [5.74, 6) is -0.408. The van der Waals surface area contributed by atoms with E-state index in [1.165, 1.54) is 0 Å². The molecular formula is C9H8ClNO2Rh. The molecule has 0 amide bonds. The second-order valence-corrected chi connectivity index (χ2v) is 3.56. The number of carbonyl (C=O) groups excluding carboxylic acids is 1. The molecule has 0 aliphatic carbocycles. The number of hydrogen-bond acceptors (Lipinski definition) is 3. The summed E-state index contributed by atoms with van der Waals surface area (Å²) < 4.78 is 5.17. The average molecular weight is 301 g/mol. The van der Waals surface area contributed by atoms with E-state index < -0.39 is 5.97 Å². The molecule has 0 aliphatic rings. The third-order valence-electron chi connectivity index (χ3n) is 1.37. The van der Waals surface area contributed by atoms with Crippen LogP contribution < -0.4 is 0 Å². The van der Waals surface area contributed by atoms with E-state index in [9.17, 15) is 4.79 Å². The Labute approximate surface area is 96.6 Å². The number of hydrogen-bond donors (Lipinski definition) is 0. The van der Waals surface area contributed by atoms with Crippen LogP contribution in [0.5, 0.6) is 0 Å². The van der Waals surface area contributed by atoms with E-state index in [1.807, 2.05) is 0 Å². The van der Waals surface area contributed by atoms with Crippen molar-refractivity contribution in [3.05, 3.63) is 29.0 Å². The molecule has 0 radical (unpaired) electrons. The van der Waals surface area contributed by atoms with Gasteiger partial charge in [0.05, 0.1) is 0 Å². The molecule has 0 fully saturated rings. The summed E-state index contributed by atoms with van der Waals surface area (Å²) in [6.07, 6.45) is 0. The van der Waals surface area contributed by atoms with Crippen molar-refractivity contribution < 1.29 is 27.4 Å². The third kappa shape index (κ3) is 2.96. The first-order valence-corrected chi connectivity index (χ1v) is 5.15. The summed E-state index contributed by atoms with van der Waals surface area (Å²) in [6, 6.07) is 5.06. The SMILES string of the molecule is CCOC(=O)[C](=[Rh])c1cccc(Cl)n1. The van der Waals surface area contributed by atoms with Crippen LogP contribution in [0.3, 0.4) is 0 Å². The van der Waals surface area contributed by atoms with Crippen LogP contribution in [-0.2, 0) is 27.4 Å². The summed E-state index contributed by atoms with van der Waals surface area (Å²) in [6.45, 7) is 2.09. The molecule has 3 nitrogen and oxygen atoms in total. The van der Waals surface area contributed by atoms with Crippen molar-refractivity contribution in [2.45, 2.75) is 6.92 Å². The van der Waals surface area contributed by atoms with Crippen molar-refractivity contribution in [1.82, 2.24) is 4.98 Å². The molecule has 77 valence electrons. The van der Waals surface area contributed by atoms with Gasteiger partial charge in [-0.3, -0.25) is 0 Å². The van der Waals surface area contributed by atoms with Crippen LogP contribution in [0.15, 0.2) is 18.2 Å². The molecule has 0 saturated heterocycles. The van der Waals surface area contributed by atoms with Gasteiger partial charge in [0.1, 0.15) is 0 Å². The monoisotopic (exact) mass is 300 g/mol. The molecular weight excluding hydrogens is 292 g/mol. The van der Waals surface area contributed by atoms with Gasteiger partial charge in [0.15, 0.2) is 0 Å². The average Bonchev–Trinajstić information content (AvgIpc) is 2.17. The van der Waals surface area contributed by atoms with Crippen LogP contribution in [0.1, 0.15) is 12.6 Å². The molecule has 0 bridgehead atoms. The number of nitrogens with zero attached hydrogens (tertiary/aromatic N) is 1. The fourth-order valence-electron chi connectivity index (χ4n) is 0.820. The van der Waals surface area contributed by atoms with Gasteiger partial charge in [0.2, 0.25) is 0 Å². The van der Waals surface area contributed by atoms with E-state index in [0.29, 0.717) is 21.6 Å². The zero-order chi connectivity index (χ0) is 10.6. The maximum absolute atomic E-state index is 11.3. The van der Waals surface area contributed by atoms with Crippen LogP contribution >= 0.6 is 11.6 Å². The Bertz CT molecular complexity index is 368. The summed E-state index contributed by atoms with van der Waals surface area (Å²) in [4.78, 5) is 15.3. The quantitative estimate of drug-likeness (QED) is 0.481. The van der Waals surface area contributed by atoms with Gasteiger partial charge in [0.25, 0.3) is 0 Å². The molecule has 0 spiro atoms. The van der Waals surface area contributed by atoms with Crippen molar-refractivity contribution in [2.75, 3.05) is 6.61 Å². The molecule has 1 aromatic heterocycles. The van der Waals surface area contributed by atoms with Gasteiger partial charge in [-0.2, -0.15) is 0 Å². The number of rotatable bonds is 3. The molecule has 0 saturated carbocycles. The number of halogens is 1. The molecule has 0 unspecified atom stereocenters. The summed E-state index contributed by atoms with van der Waals surface area (Å²) in [5.41, 5.74) is 0.503. The van der Waals surface area contributed by atoms with Gasteiger partial charge in [-0.25, -0.2) is 0 Å². The zero-order valence-corrected chi connectivity index (χ0v) is 9.81. The first-order chi connectivity index (χ1) is 6.65. The van der Waals surface area contributed by atoms with Gasteiger partial charge in [-0.05, 0) is 0 Å². The van der Waals surface area contributed by atoms with Crippen LogP contribution in [-0.4, -0.2) is 21.7 Å². The third-order valence-corrected chi connectivity index (χ3v) is 2.34. The Balaban J connectivity index is 2.84. The Morgan fingerprint density at radius 3 is 2.93 bits per heavy atom. The fraction of sp³-hybridized carbons (Fsp3) is 0.222. The number of carbonyl (C=O) groups is 1. The number of aromatic nitrogens is 1. The normalized spacial score (nSPS) is 9.64. The minimum atomic E-state index is -0.408. The van der Waals surface area contributed by atoms with Crippen molar-refractivity contribution in [3.8, 4) is 0 Å². The van der Waals surface area contributed by atoms with Crippen molar-refractivity contribution in [2.24, 2.45) is 0 Å². The predicted molar refractivity (Wildman–Crippen MR) is 50.0 cm³/mol. The molecule has 0 aliphatic heterocycles. The van der Waals surface area contributed by atoms with Crippen molar-refractivity contribution in [1.29, 1.82) is 0 Å². The standard InChI is InChI=1S/C9H8ClNO2.Rh/c1-2-13-9(12)6-7-4-3-5-8(10)11-7;/h3-5H,2H2,1H3;. The van der Waals surface area contributed by atoms with Crippen LogP contribution in [0, 0.1) is 0 Å². The molecule has 14 heavy (non-hydrogen) atoms. The van der Waals surface area contributed by atoms with E-state index in [4.69, 9.17) is 16.3 Å². The maximum atomic E-state index is 11.3. The predicted octanol–water partition coefficient (Wildman–Crippen LogP) is 1.37. The van der Waals surface area contributed by atoms with Gasteiger partial charge >= 0.3 is 96.6 Å². The summed E-state index contributed by atoms with van der Waals surface area (Å²) >= 11 is 8.19. The Kier molecular flexibility index (Phi) is 4.37. The number of ether oxygens (including phenoxy) is 1. The fourth-order valence-corrected chi connectivity index (χ4v) is 1.33. The van der Waals surface area contributed by atoms with Crippen LogP contribution in [0.4, 0.5) is 0 Å². The Hall–Kier alpha value is -0.597. The molecule has 0 N–H and O–H groups in total. The molecule has 0 aromatic carbocycles. The van der Waals surface area contributed by atoms with Gasteiger partial charge in [0, 0.05) is 0 Å². The van der Waals surface area contributed by atoms with E-state index in [1.54, 1.807) is 25.1 Å². The summed E-state index contributed by atoms with van der Waals surface area (Å²) in [5, 5.41) is 0.349. The van der Waals surface area contributed by atoms with Crippen molar-refractivity contribution in [3.63, 3.8) is 0 Å². The topological polar surface area (TPSA) is 39.2 Å². The van der Waals surface area contributed by atoms with Crippen LogP contribution in [0.2, 0.25) is 5.15 Å². The number of esters is 1. The minimum absolute atomic E-state index is 0.340. The van der Waals surface area contributed by atoms with Crippen LogP contribution in [0.25, 0.3) is 0 Å². The Morgan fingerprint density at radius 1 is 1.64 bits per heavy atom.